The molecule has 10 aromatic rings. The highest BCUT2D eigenvalue weighted by atomic mass is 16.5. The number of hydrogen-bond donors (Lipinski definition) is 0. The first-order valence-corrected chi connectivity index (χ1v) is 25.8. The van der Waals surface area contributed by atoms with Crippen molar-refractivity contribution in [3.63, 3.8) is 0 Å². The lowest BCUT2D eigenvalue weighted by atomic mass is 9.77. The number of pyridine rings is 1. The molecule has 0 N–H and O–H groups in total. The number of nitrogens with zero attached hydrogens (tertiary/aromatic N) is 4. The van der Waals surface area contributed by atoms with Gasteiger partial charge in [-0.2, -0.15) is 0 Å². The molecule has 0 atom stereocenters. The normalized spacial score (nSPS) is 13.2. The SMILES string of the molecule is CC(C)(C)c1ccnc(-n2c3ccc(C(C)(C)C)cc3c3ccc(Oc4cccc(N5CN(c6cc(-c7ccccc7)cc(C(C)(C)c7ccccc7)c6)c6cc(C(C)(C)c7ccccc7)ccc65)c4)cc32)c1. The standard InChI is InChI=1S/C68H66N4O/c1-65(2,3)50-29-33-60-59(40-50)58-32-31-57(44-62(58)72(60)64-42-51(35-36-69-64)66(4,5)6)73-56-28-20-27-54(43-56)70-45-71(63-41-52(30-34-61(63)70)67(7,8)48-23-16-12-17-24-48)55-38-47(46-21-14-11-15-22-46)37-53(39-55)68(9,10)49-25-18-13-19-26-49/h11-44H,45H2,1-10H3. The maximum Gasteiger partial charge on any atom is 0.137 e. The Morgan fingerprint density at radius 3 is 1.68 bits per heavy atom. The van der Waals surface area contributed by atoms with Gasteiger partial charge in [0, 0.05) is 51.3 Å². The Morgan fingerprint density at radius 2 is 1.00 bits per heavy atom. The van der Waals surface area contributed by atoms with Crippen LogP contribution in [0, 0.1) is 0 Å². The Balaban J connectivity index is 1.01. The summed E-state index contributed by atoms with van der Waals surface area (Å²) in [7, 11) is 0. The van der Waals surface area contributed by atoms with Crippen molar-refractivity contribution in [1.82, 2.24) is 9.55 Å². The van der Waals surface area contributed by atoms with Crippen molar-refractivity contribution >= 4 is 44.6 Å². The van der Waals surface area contributed by atoms with Crippen LogP contribution in [0.2, 0.25) is 0 Å². The average Bonchev–Trinajstić information content (AvgIpc) is 3.95. The van der Waals surface area contributed by atoms with Crippen LogP contribution in [-0.2, 0) is 21.7 Å². The third kappa shape index (κ3) is 8.86. The van der Waals surface area contributed by atoms with Gasteiger partial charge in [-0.1, -0.05) is 184 Å². The van der Waals surface area contributed by atoms with Gasteiger partial charge < -0.3 is 14.5 Å². The van der Waals surface area contributed by atoms with Gasteiger partial charge in [0.05, 0.1) is 22.4 Å². The molecule has 0 spiro atoms. The lowest BCUT2D eigenvalue weighted by molar-refractivity contribution is 0.483. The molecule has 0 unspecified atom stereocenters. The second-order valence-electron chi connectivity index (χ2n) is 23.1. The molecule has 0 fully saturated rings. The van der Waals surface area contributed by atoms with Gasteiger partial charge in [0.2, 0.25) is 0 Å². The Hall–Kier alpha value is -7.89. The molecule has 11 rings (SSSR count). The lowest BCUT2D eigenvalue weighted by Gasteiger charge is -2.30. The molecule has 364 valence electrons. The van der Waals surface area contributed by atoms with E-state index in [9.17, 15) is 0 Å². The maximum atomic E-state index is 6.93. The van der Waals surface area contributed by atoms with E-state index < -0.39 is 0 Å². The van der Waals surface area contributed by atoms with E-state index in [0.29, 0.717) is 6.67 Å². The molecular formula is C68H66N4O. The topological polar surface area (TPSA) is 33.5 Å². The number of anilines is 4. The molecule has 1 aliphatic heterocycles. The molecule has 5 nitrogen and oxygen atoms in total. The number of rotatable bonds is 10. The summed E-state index contributed by atoms with van der Waals surface area (Å²) >= 11 is 0. The summed E-state index contributed by atoms with van der Waals surface area (Å²) < 4.78 is 9.23. The van der Waals surface area contributed by atoms with E-state index in [1.54, 1.807) is 0 Å². The van der Waals surface area contributed by atoms with Crippen molar-refractivity contribution < 1.29 is 4.74 Å². The summed E-state index contributed by atoms with van der Waals surface area (Å²) in [6.45, 7) is 23.5. The van der Waals surface area contributed by atoms with Gasteiger partial charge >= 0.3 is 0 Å². The quantitative estimate of drug-likeness (QED) is 0.137. The second-order valence-corrected chi connectivity index (χ2v) is 23.1. The molecule has 5 heteroatoms. The van der Waals surface area contributed by atoms with Crippen LogP contribution in [0.15, 0.2) is 206 Å². The molecule has 1 aliphatic rings. The highest BCUT2D eigenvalue weighted by Crippen LogP contribution is 2.49. The zero-order valence-electron chi connectivity index (χ0n) is 44.0. The molecule has 0 amide bonds. The fraction of sp³-hybridized carbons (Fsp3) is 0.221. The number of benzene rings is 8. The van der Waals surface area contributed by atoms with Gasteiger partial charge in [0.25, 0.3) is 0 Å². The first kappa shape index (κ1) is 47.4. The van der Waals surface area contributed by atoms with E-state index >= 15 is 0 Å². The first-order chi connectivity index (χ1) is 34.9. The van der Waals surface area contributed by atoms with Gasteiger partial charge in [-0.3, -0.25) is 4.57 Å². The van der Waals surface area contributed by atoms with Crippen molar-refractivity contribution in [2.24, 2.45) is 0 Å². The molecule has 0 saturated carbocycles. The fourth-order valence-electron chi connectivity index (χ4n) is 10.7. The predicted molar refractivity (Wildman–Crippen MR) is 307 cm³/mol. The second kappa shape index (κ2) is 18.0. The molecule has 0 aliphatic carbocycles. The van der Waals surface area contributed by atoms with E-state index in [-0.39, 0.29) is 21.7 Å². The molecule has 3 heterocycles. The zero-order valence-corrected chi connectivity index (χ0v) is 44.0. The number of fused-ring (bicyclic) bond motifs is 4. The van der Waals surface area contributed by atoms with E-state index in [4.69, 9.17) is 9.72 Å². The van der Waals surface area contributed by atoms with Crippen molar-refractivity contribution in [2.75, 3.05) is 16.5 Å². The lowest BCUT2D eigenvalue weighted by Crippen LogP contribution is -2.25. The summed E-state index contributed by atoms with van der Waals surface area (Å²) in [5, 5.41) is 2.37. The van der Waals surface area contributed by atoms with Gasteiger partial charge in [0.1, 0.15) is 24.0 Å². The molecule has 0 saturated heterocycles. The summed E-state index contributed by atoms with van der Waals surface area (Å²) in [4.78, 5) is 9.92. The fourth-order valence-corrected chi connectivity index (χ4v) is 10.7. The van der Waals surface area contributed by atoms with Crippen LogP contribution >= 0.6 is 0 Å². The summed E-state index contributed by atoms with van der Waals surface area (Å²) in [5.74, 6) is 2.43. The monoisotopic (exact) mass is 955 g/mol. The molecule has 8 aromatic carbocycles. The van der Waals surface area contributed by atoms with Crippen LogP contribution in [-0.4, -0.2) is 16.2 Å². The van der Waals surface area contributed by atoms with Gasteiger partial charge in [-0.05, 0) is 128 Å². The van der Waals surface area contributed by atoms with Crippen molar-refractivity contribution in [2.45, 2.75) is 90.9 Å². The van der Waals surface area contributed by atoms with Crippen molar-refractivity contribution in [3.05, 3.63) is 240 Å². The number of aromatic nitrogens is 2. The first-order valence-electron chi connectivity index (χ1n) is 25.8. The number of ether oxygens (including phenoxy) is 1. The van der Waals surface area contributed by atoms with Gasteiger partial charge in [0.15, 0.2) is 0 Å². The smallest absolute Gasteiger partial charge is 0.137 e. The van der Waals surface area contributed by atoms with Crippen LogP contribution in [0.4, 0.5) is 22.7 Å². The molecule has 73 heavy (non-hydrogen) atoms. The molecular weight excluding hydrogens is 889 g/mol. The number of hydrogen-bond acceptors (Lipinski definition) is 4. The van der Waals surface area contributed by atoms with Gasteiger partial charge in [-0.15, -0.1) is 0 Å². The maximum absolute atomic E-state index is 6.93. The van der Waals surface area contributed by atoms with Crippen LogP contribution in [0.5, 0.6) is 11.5 Å². The third-order valence-electron chi connectivity index (χ3n) is 15.4. The third-order valence-corrected chi connectivity index (χ3v) is 15.4. The highest BCUT2D eigenvalue weighted by molar-refractivity contribution is 6.10. The Bertz CT molecular complexity index is 3650. The molecule has 0 bridgehead atoms. The van der Waals surface area contributed by atoms with Crippen molar-refractivity contribution in [3.8, 4) is 28.4 Å². The summed E-state index contributed by atoms with van der Waals surface area (Å²) in [6, 6.07) is 73.1. The molecule has 0 radical (unpaired) electrons. The Kier molecular flexibility index (Phi) is 11.7. The van der Waals surface area contributed by atoms with Crippen LogP contribution in [0.3, 0.4) is 0 Å². The van der Waals surface area contributed by atoms with Crippen LogP contribution in [0.1, 0.15) is 103 Å². The Morgan fingerprint density at radius 1 is 0.384 bits per heavy atom. The summed E-state index contributed by atoms with van der Waals surface area (Å²) in [6.07, 6.45) is 1.94. The molecule has 2 aromatic heterocycles. The Labute approximate surface area is 432 Å². The van der Waals surface area contributed by atoms with E-state index in [1.165, 1.54) is 61.0 Å². The van der Waals surface area contributed by atoms with Gasteiger partial charge in [-0.25, -0.2) is 4.98 Å². The largest absolute Gasteiger partial charge is 0.457 e. The van der Waals surface area contributed by atoms with Crippen molar-refractivity contribution in [1.29, 1.82) is 0 Å². The van der Waals surface area contributed by atoms with E-state index in [2.05, 4.69) is 284 Å². The predicted octanol–water partition coefficient (Wildman–Crippen LogP) is 18.1. The average molecular weight is 955 g/mol. The minimum atomic E-state index is -0.258. The van der Waals surface area contributed by atoms with E-state index in [0.717, 1.165) is 45.4 Å². The van der Waals surface area contributed by atoms with Crippen LogP contribution in [0.25, 0.3) is 38.8 Å². The highest BCUT2D eigenvalue weighted by Gasteiger charge is 2.34. The van der Waals surface area contributed by atoms with E-state index in [1.807, 2.05) is 6.20 Å². The van der Waals surface area contributed by atoms with Crippen LogP contribution < -0.4 is 14.5 Å². The zero-order chi connectivity index (χ0) is 50.9. The minimum absolute atomic E-state index is 0.00341. The summed E-state index contributed by atoms with van der Waals surface area (Å²) in [5.41, 5.74) is 16.2. The minimum Gasteiger partial charge on any atom is -0.457 e.